The highest BCUT2D eigenvalue weighted by molar-refractivity contribution is 5.73. The van der Waals surface area contributed by atoms with Crippen molar-refractivity contribution in [3.8, 4) is 16.9 Å². The number of hydrogen-bond donors (Lipinski definition) is 2. The van der Waals surface area contributed by atoms with Crippen molar-refractivity contribution in [3.63, 3.8) is 0 Å². The summed E-state index contributed by atoms with van der Waals surface area (Å²) in [5.74, 6) is -0.106. The van der Waals surface area contributed by atoms with E-state index in [1.807, 2.05) is 57.5 Å². The van der Waals surface area contributed by atoms with Gasteiger partial charge in [-0.3, -0.25) is 9.48 Å². The van der Waals surface area contributed by atoms with Crippen molar-refractivity contribution in [1.29, 1.82) is 0 Å². The molecule has 0 aliphatic heterocycles. The van der Waals surface area contributed by atoms with Gasteiger partial charge in [0.25, 0.3) is 0 Å². The minimum absolute atomic E-state index is 0.128. The molecule has 2 amide bonds. The summed E-state index contributed by atoms with van der Waals surface area (Å²) in [6.07, 6.45) is 4.32. The number of imidazole rings is 1. The van der Waals surface area contributed by atoms with E-state index in [9.17, 15) is 14.0 Å². The number of nitrogens with zero attached hydrogens (tertiary/aromatic N) is 4. The van der Waals surface area contributed by atoms with Crippen molar-refractivity contribution in [1.82, 2.24) is 29.8 Å². The van der Waals surface area contributed by atoms with Crippen LogP contribution in [0.1, 0.15) is 50.3 Å². The average molecular weight is 565 g/mol. The van der Waals surface area contributed by atoms with Crippen molar-refractivity contribution in [2.45, 2.75) is 59.6 Å². The molecule has 2 N–H and O–H groups in total. The second-order valence-corrected chi connectivity index (χ2v) is 10.9. The predicted molar refractivity (Wildman–Crippen MR) is 153 cm³/mol. The standard InChI is InChI=1S/C30H37FN6O4/c1-19-24(26(35-36(19)6)17-33-20(2)38)12-14-40-27-15-22(31)8-9-25(27)21-7-10-28-34-16-23(37(28)18-21)11-13-32-29(39)41-30(3,4)5/h7-10,15-16,18H,11-14,17H2,1-6H3,(H,32,39)(H,33,38). The van der Waals surface area contributed by atoms with Crippen LogP contribution in [-0.2, 0) is 36.0 Å². The fourth-order valence-corrected chi connectivity index (χ4v) is 4.50. The highest BCUT2D eigenvalue weighted by Crippen LogP contribution is 2.31. The first-order valence-electron chi connectivity index (χ1n) is 13.5. The Kier molecular flexibility index (Phi) is 8.95. The van der Waals surface area contributed by atoms with Crippen LogP contribution in [0.3, 0.4) is 0 Å². The third kappa shape index (κ3) is 7.62. The number of alkyl carbamates (subject to hydrolysis) is 1. The molecule has 0 spiro atoms. The Bertz CT molecular complexity index is 1550. The number of benzene rings is 1. The topological polar surface area (TPSA) is 112 Å². The number of aryl methyl sites for hydroxylation is 1. The maximum Gasteiger partial charge on any atom is 0.407 e. The van der Waals surface area contributed by atoms with Gasteiger partial charge in [0, 0.05) is 79.9 Å². The zero-order valence-corrected chi connectivity index (χ0v) is 24.4. The number of ether oxygens (including phenoxy) is 2. The first kappa shape index (κ1) is 29.6. The van der Waals surface area contributed by atoms with Gasteiger partial charge in [0.1, 0.15) is 22.8 Å². The third-order valence-corrected chi connectivity index (χ3v) is 6.54. The Morgan fingerprint density at radius 2 is 1.88 bits per heavy atom. The van der Waals surface area contributed by atoms with Gasteiger partial charge in [0.2, 0.25) is 5.91 Å². The summed E-state index contributed by atoms with van der Waals surface area (Å²) in [5.41, 5.74) is 5.41. The van der Waals surface area contributed by atoms with E-state index in [-0.39, 0.29) is 5.91 Å². The van der Waals surface area contributed by atoms with E-state index in [1.54, 1.807) is 16.9 Å². The van der Waals surface area contributed by atoms with E-state index in [0.29, 0.717) is 38.3 Å². The first-order chi connectivity index (χ1) is 19.4. The molecule has 0 saturated heterocycles. The van der Waals surface area contributed by atoms with Gasteiger partial charge in [-0.1, -0.05) is 0 Å². The summed E-state index contributed by atoms with van der Waals surface area (Å²) in [6.45, 7) is 9.90. The molecule has 41 heavy (non-hydrogen) atoms. The van der Waals surface area contributed by atoms with Gasteiger partial charge in [0.05, 0.1) is 18.8 Å². The Hall–Kier alpha value is -4.41. The van der Waals surface area contributed by atoms with Crippen molar-refractivity contribution < 1.29 is 23.5 Å². The maximum atomic E-state index is 14.3. The number of fused-ring (bicyclic) bond motifs is 1. The van der Waals surface area contributed by atoms with Gasteiger partial charge in [-0.2, -0.15) is 5.10 Å². The van der Waals surface area contributed by atoms with Gasteiger partial charge in [-0.05, 0) is 52.0 Å². The maximum absolute atomic E-state index is 14.3. The number of aromatic nitrogens is 4. The summed E-state index contributed by atoms with van der Waals surface area (Å²) < 4.78 is 29.5. The number of halogens is 1. The molecule has 0 atom stereocenters. The molecule has 0 aliphatic rings. The summed E-state index contributed by atoms with van der Waals surface area (Å²) in [6, 6.07) is 8.29. The number of amides is 2. The molecule has 10 nitrogen and oxygen atoms in total. The lowest BCUT2D eigenvalue weighted by Crippen LogP contribution is -2.33. The molecule has 11 heteroatoms. The van der Waals surface area contributed by atoms with Crippen LogP contribution >= 0.6 is 0 Å². The molecule has 0 fully saturated rings. The molecule has 0 saturated carbocycles. The van der Waals surface area contributed by atoms with Crippen LogP contribution in [0.5, 0.6) is 5.75 Å². The number of pyridine rings is 1. The third-order valence-electron chi connectivity index (χ3n) is 6.54. The Morgan fingerprint density at radius 1 is 1.10 bits per heavy atom. The zero-order chi connectivity index (χ0) is 29.7. The average Bonchev–Trinajstić information content (AvgIpc) is 3.41. The first-order valence-corrected chi connectivity index (χ1v) is 13.5. The number of carbonyl (C=O) groups is 2. The van der Waals surface area contributed by atoms with Crippen molar-refractivity contribution >= 4 is 17.6 Å². The minimum Gasteiger partial charge on any atom is -0.492 e. The summed E-state index contributed by atoms with van der Waals surface area (Å²) in [7, 11) is 1.86. The molecular weight excluding hydrogens is 527 g/mol. The van der Waals surface area contributed by atoms with Crippen LogP contribution in [0, 0.1) is 12.7 Å². The van der Waals surface area contributed by atoms with Crippen molar-refractivity contribution in [2.24, 2.45) is 7.05 Å². The van der Waals surface area contributed by atoms with Crippen LogP contribution in [-0.4, -0.2) is 49.9 Å². The highest BCUT2D eigenvalue weighted by atomic mass is 19.1. The Labute approximate surface area is 238 Å². The van der Waals surface area contributed by atoms with Crippen LogP contribution in [0.25, 0.3) is 16.8 Å². The van der Waals surface area contributed by atoms with E-state index >= 15 is 0 Å². The van der Waals surface area contributed by atoms with Crippen LogP contribution in [0.4, 0.5) is 9.18 Å². The quantitative estimate of drug-likeness (QED) is 0.293. The molecule has 1 aromatic carbocycles. The van der Waals surface area contributed by atoms with Crippen molar-refractivity contribution in [3.05, 3.63) is 71.2 Å². The SMILES string of the molecule is CC(=O)NCc1nn(C)c(C)c1CCOc1cc(F)ccc1-c1ccc2ncc(CCNC(=O)OC(C)(C)C)n2c1. The second kappa shape index (κ2) is 12.4. The van der Waals surface area contributed by atoms with E-state index in [1.165, 1.54) is 19.1 Å². The number of carbonyl (C=O) groups excluding carboxylic acids is 2. The minimum atomic E-state index is -0.566. The molecule has 0 bridgehead atoms. The summed E-state index contributed by atoms with van der Waals surface area (Å²) >= 11 is 0. The van der Waals surface area contributed by atoms with E-state index < -0.39 is 17.5 Å². The lowest BCUT2D eigenvalue weighted by molar-refractivity contribution is -0.119. The smallest absolute Gasteiger partial charge is 0.407 e. The monoisotopic (exact) mass is 564 g/mol. The molecular formula is C30H37FN6O4. The molecule has 0 unspecified atom stereocenters. The largest absolute Gasteiger partial charge is 0.492 e. The lowest BCUT2D eigenvalue weighted by atomic mass is 10.1. The van der Waals surface area contributed by atoms with Gasteiger partial charge < -0.3 is 24.5 Å². The highest BCUT2D eigenvalue weighted by Gasteiger charge is 2.17. The molecule has 4 aromatic rings. The van der Waals surface area contributed by atoms with Gasteiger partial charge in [0.15, 0.2) is 0 Å². The molecule has 3 heterocycles. The number of rotatable bonds is 10. The van der Waals surface area contributed by atoms with Gasteiger partial charge >= 0.3 is 6.09 Å². The second-order valence-electron chi connectivity index (χ2n) is 10.9. The van der Waals surface area contributed by atoms with E-state index in [4.69, 9.17) is 9.47 Å². The fourth-order valence-electron chi connectivity index (χ4n) is 4.50. The Balaban J connectivity index is 1.49. The summed E-state index contributed by atoms with van der Waals surface area (Å²) in [4.78, 5) is 27.9. The van der Waals surface area contributed by atoms with Crippen LogP contribution < -0.4 is 15.4 Å². The Morgan fingerprint density at radius 3 is 2.61 bits per heavy atom. The van der Waals surface area contributed by atoms with Gasteiger partial charge in [-0.25, -0.2) is 14.2 Å². The predicted octanol–water partition coefficient (Wildman–Crippen LogP) is 4.51. The molecule has 4 rings (SSSR count). The number of hydrogen-bond acceptors (Lipinski definition) is 6. The van der Waals surface area contributed by atoms with Crippen LogP contribution in [0.2, 0.25) is 0 Å². The lowest BCUT2D eigenvalue weighted by Gasteiger charge is -2.19. The normalized spacial score (nSPS) is 11.5. The molecule has 0 radical (unpaired) electrons. The van der Waals surface area contributed by atoms with Gasteiger partial charge in [-0.15, -0.1) is 0 Å². The molecule has 0 aliphatic carbocycles. The molecule has 3 aromatic heterocycles. The van der Waals surface area contributed by atoms with E-state index in [0.717, 1.165) is 39.4 Å². The summed E-state index contributed by atoms with van der Waals surface area (Å²) in [5, 5.41) is 10.1. The zero-order valence-electron chi connectivity index (χ0n) is 24.4. The van der Waals surface area contributed by atoms with Crippen molar-refractivity contribution in [2.75, 3.05) is 13.2 Å². The van der Waals surface area contributed by atoms with E-state index in [2.05, 4.69) is 20.7 Å². The molecule has 218 valence electrons. The fraction of sp³-hybridized carbons (Fsp3) is 0.400. The van der Waals surface area contributed by atoms with Crippen LogP contribution in [0.15, 0.2) is 42.7 Å². The number of nitrogens with one attached hydrogen (secondary N) is 2.